The molecule has 2 aliphatic rings. The van der Waals surface area contributed by atoms with Crippen LogP contribution in [-0.4, -0.2) is 46.3 Å². The van der Waals surface area contributed by atoms with Gasteiger partial charge >= 0.3 is 0 Å². The molecule has 0 bridgehead atoms. The Labute approximate surface area is 157 Å². The highest BCUT2D eigenvalue weighted by atomic mass is 35.5. The number of hydrogen-bond acceptors (Lipinski definition) is 3. The summed E-state index contributed by atoms with van der Waals surface area (Å²) in [6.45, 7) is 11.5. The Hall–Kier alpha value is -1.07. The van der Waals surface area contributed by atoms with Gasteiger partial charge in [-0.2, -0.15) is 5.10 Å². The van der Waals surface area contributed by atoms with Crippen molar-refractivity contribution in [2.45, 2.75) is 77.3 Å². The zero-order valence-corrected chi connectivity index (χ0v) is 16.9. The molecule has 1 saturated heterocycles. The molecule has 1 aliphatic carbocycles. The second kappa shape index (κ2) is 8.09. The Balaban J connectivity index is 0.00000225. The lowest BCUT2D eigenvalue weighted by atomic mass is 10.0. The van der Waals surface area contributed by atoms with Gasteiger partial charge < -0.3 is 10.2 Å². The van der Waals surface area contributed by atoms with Gasteiger partial charge in [0.05, 0.1) is 5.54 Å². The molecular weight excluding hydrogens is 336 g/mol. The Morgan fingerprint density at radius 2 is 1.92 bits per heavy atom. The van der Waals surface area contributed by atoms with Crippen LogP contribution in [0.25, 0.3) is 0 Å². The summed E-state index contributed by atoms with van der Waals surface area (Å²) in [5.74, 6) is 0.713. The summed E-state index contributed by atoms with van der Waals surface area (Å²) in [5.41, 5.74) is 1.80. The molecule has 2 fully saturated rings. The number of amides is 1. The number of carbonyl (C=O) groups excluding carboxylic acids is 1. The first-order chi connectivity index (χ1) is 11.4. The highest BCUT2D eigenvalue weighted by Crippen LogP contribution is 2.41. The molecule has 6 heteroatoms. The maximum atomic E-state index is 13.2. The molecule has 0 unspecified atom stereocenters. The van der Waals surface area contributed by atoms with Gasteiger partial charge in [0.2, 0.25) is 0 Å². The van der Waals surface area contributed by atoms with Crippen molar-refractivity contribution in [3.63, 3.8) is 0 Å². The lowest BCUT2D eigenvalue weighted by Crippen LogP contribution is -2.46. The van der Waals surface area contributed by atoms with E-state index in [2.05, 4.69) is 48.7 Å². The number of hydrogen-bond donors (Lipinski definition) is 1. The van der Waals surface area contributed by atoms with Crippen LogP contribution in [0.1, 0.15) is 81.9 Å². The second-order valence-electron chi connectivity index (χ2n) is 8.29. The van der Waals surface area contributed by atoms with Crippen molar-refractivity contribution in [1.29, 1.82) is 0 Å². The van der Waals surface area contributed by atoms with Gasteiger partial charge in [0.15, 0.2) is 5.69 Å². The summed E-state index contributed by atoms with van der Waals surface area (Å²) in [6.07, 6.45) is 5.53. The van der Waals surface area contributed by atoms with Crippen molar-refractivity contribution in [2.24, 2.45) is 0 Å². The SMILES string of the molecule is CCCN(C(=O)c1cc(C2CC2)n(C(C)(C)C)n1)C1CCNCC1.Cl. The van der Waals surface area contributed by atoms with Gasteiger partial charge in [-0.1, -0.05) is 6.92 Å². The third kappa shape index (κ3) is 4.56. The third-order valence-corrected chi connectivity index (χ3v) is 5.06. The molecule has 1 amide bonds. The Bertz CT molecular complexity index is 583. The van der Waals surface area contributed by atoms with E-state index >= 15 is 0 Å². The van der Waals surface area contributed by atoms with Gasteiger partial charge in [-0.15, -0.1) is 12.4 Å². The first kappa shape index (κ1) is 20.2. The minimum absolute atomic E-state index is 0. The quantitative estimate of drug-likeness (QED) is 0.864. The van der Waals surface area contributed by atoms with Crippen molar-refractivity contribution in [3.8, 4) is 0 Å². The zero-order chi connectivity index (χ0) is 17.3. The first-order valence-electron chi connectivity index (χ1n) is 9.54. The van der Waals surface area contributed by atoms with E-state index in [1.54, 1.807) is 0 Å². The largest absolute Gasteiger partial charge is 0.334 e. The van der Waals surface area contributed by atoms with Gasteiger partial charge in [0.25, 0.3) is 5.91 Å². The average Bonchev–Trinajstić information content (AvgIpc) is 3.29. The maximum absolute atomic E-state index is 13.2. The van der Waals surface area contributed by atoms with E-state index in [-0.39, 0.29) is 23.9 Å². The number of rotatable bonds is 5. The van der Waals surface area contributed by atoms with Crippen LogP contribution in [0, 0.1) is 0 Å². The van der Waals surface area contributed by atoms with Crippen LogP contribution in [-0.2, 0) is 5.54 Å². The predicted octanol–water partition coefficient (Wildman–Crippen LogP) is 3.54. The molecule has 1 aliphatic heterocycles. The molecule has 0 atom stereocenters. The topological polar surface area (TPSA) is 50.2 Å². The average molecular weight is 369 g/mol. The number of nitrogens with zero attached hydrogens (tertiary/aromatic N) is 3. The van der Waals surface area contributed by atoms with Crippen LogP contribution in [0.4, 0.5) is 0 Å². The minimum atomic E-state index is -0.0825. The molecule has 0 aromatic carbocycles. The number of aromatic nitrogens is 2. The predicted molar refractivity (Wildman–Crippen MR) is 104 cm³/mol. The van der Waals surface area contributed by atoms with E-state index < -0.39 is 0 Å². The first-order valence-corrected chi connectivity index (χ1v) is 9.54. The Morgan fingerprint density at radius 3 is 2.44 bits per heavy atom. The number of carbonyl (C=O) groups is 1. The fourth-order valence-corrected chi connectivity index (χ4v) is 3.66. The van der Waals surface area contributed by atoms with Crippen LogP contribution in [0.15, 0.2) is 6.07 Å². The summed E-state index contributed by atoms with van der Waals surface area (Å²) in [5, 5.41) is 8.14. The van der Waals surface area contributed by atoms with Gasteiger partial charge in [-0.3, -0.25) is 9.48 Å². The molecule has 142 valence electrons. The number of piperidine rings is 1. The molecule has 0 radical (unpaired) electrons. The fourth-order valence-electron chi connectivity index (χ4n) is 3.66. The van der Waals surface area contributed by atoms with E-state index in [0.29, 0.717) is 17.7 Å². The van der Waals surface area contributed by atoms with Crippen molar-refractivity contribution in [2.75, 3.05) is 19.6 Å². The van der Waals surface area contributed by atoms with Crippen molar-refractivity contribution >= 4 is 18.3 Å². The second-order valence-corrected chi connectivity index (χ2v) is 8.29. The fraction of sp³-hybridized carbons (Fsp3) is 0.789. The van der Waals surface area contributed by atoms with Crippen molar-refractivity contribution in [3.05, 3.63) is 17.5 Å². The monoisotopic (exact) mass is 368 g/mol. The normalized spacial score (nSPS) is 18.7. The molecule has 1 aromatic heterocycles. The van der Waals surface area contributed by atoms with E-state index in [4.69, 9.17) is 5.10 Å². The molecule has 1 saturated carbocycles. The molecule has 2 heterocycles. The molecule has 1 N–H and O–H groups in total. The van der Waals surface area contributed by atoms with Gasteiger partial charge in [-0.05, 0) is 72.0 Å². The van der Waals surface area contributed by atoms with E-state index in [1.807, 2.05) is 0 Å². The van der Waals surface area contributed by atoms with Crippen LogP contribution in [0.5, 0.6) is 0 Å². The zero-order valence-electron chi connectivity index (χ0n) is 16.0. The molecule has 1 aromatic rings. The van der Waals surface area contributed by atoms with Crippen LogP contribution >= 0.6 is 12.4 Å². The van der Waals surface area contributed by atoms with Crippen LogP contribution in [0.2, 0.25) is 0 Å². The lowest BCUT2D eigenvalue weighted by molar-refractivity contribution is 0.0635. The minimum Gasteiger partial charge on any atom is -0.334 e. The standard InChI is InChI=1S/C19H32N4O.ClH/c1-5-12-22(15-8-10-20-11-9-15)18(24)16-13-17(14-6-7-14)23(21-16)19(2,3)4;/h13-15,20H,5-12H2,1-4H3;1H. The number of nitrogens with one attached hydrogen (secondary N) is 1. The van der Waals surface area contributed by atoms with Gasteiger partial charge in [-0.25, -0.2) is 0 Å². The van der Waals surface area contributed by atoms with Crippen LogP contribution in [0.3, 0.4) is 0 Å². The Kier molecular flexibility index (Phi) is 6.55. The third-order valence-electron chi connectivity index (χ3n) is 5.06. The van der Waals surface area contributed by atoms with Gasteiger partial charge in [0.1, 0.15) is 0 Å². The highest BCUT2D eigenvalue weighted by molar-refractivity contribution is 5.92. The number of halogens is 1. The summed E-state index contributed by atoms with van der Waals surface area (Å²) in [6, 6.07) is 2.41. The van der Waals surface area contributed by atoms with E-state index in [1.165, 1.54) is 18.5 Å². The molecule has 5 nitrogen and oxygen atoms in total. The van der Waals surface area contributed by atoms with Crippen LogP contribution < -0.4 is 5.32 Å². The lowest BCUT2D eigenvalue weighted by Gasteiger charge is -2.34. The van der Waals surface area contributed by atoms with Gasteiger partial charge in [0, 0.05) is 24.2 Å². The van der Waals surface area contributed by atoms with Crippen molar-refractivity contribution < 1.29 is 4.79 Å². The van der Waals surface area contributed by atoms with E-state index in [9.17, 15) is 4.79 Å². The maximum Gasteiger partial charge on any atom is 0.274 e. The van der Waals surface area contributed by atoms with Crippen molar-refractivity contribution in [1.82, 2.24) is 20.0 Å². The molecule has 3 rings (SSSR count). The molecule has 25 heavy (non-hydrogen) atoms. The Morgan fingerprint density at radius 1 is 1.28 bits per heavy atom. The van der Waals surface area contributed by atoms with E-state index in [0.717, 1.165) is 38.9 Å². The smallest absolute Gasteiger partial charge is 0.274 e. The molecular formula is C19H33ClN4O. The molecule has 0 spiro atoms. The summed E-state index contributed by atoms with van der Waals surface area (Å²) < 4.78 is 2.09. The summed E-state index contributed by atoms with van der Waals surface area (Å²) in [4.78, 5) is 15.3. The summed E-state index contributed by atoms with van der Waals surface area (Å²) in [7, 11) is 0. The summed E-state index contributed by atoms with van der Waals surface area (Å²) >= 11 is 0. The highest BCUT2D eigenvalue weighted by Gasteiger charge is 2.34.